The van der Waals surface area contributed by atoms with E-state index < -0.39 is 0 Å². The van der Waals surface area contributed by atoms with E-state index in [-0.39, 0.29) is 17.7 Å². The lowest BCUT2D eigenvalue weighted by Gasteiger charge is -2.37. The number of carbonyl (C=O) groups is 2. The highest BCUT2D eigenvalue weighted by molar-refractivity contribution is 8.01. The minimum atomic E-state index is -0.125. The van der Waals surface area contributed by atoms with Crippen molar-refractivity contribution in [2.75, 3.05) is 24.2 Å². The molecular weight excluding hydrogens is 272 g/mol. The van der Waals surface area contributed by atoms with Crippen LogP contribution in [0.2, 0.25) is 0 Å². The van der Waals surface area contributed by atoms with E-state index in [1.54, 1.807) is 16.7 Å². The van der Waals surface area contributed by atoms with Gasteiger partial charge >= 0.3 is 0 Å². The fourth-order valence-corrected chi connectivity index (χ4v) is 3.20. The van der Waals surface area contributed by atoms with Crippen LogP contribution in [0.5, 0.6) is 0 Å². The summed E-state index contributed by atoms with van der Waals surface area (Å²) >= 11 is 2.97. The maximum atomic E-state index is 11.8. The molecule has 0 radical (unpaired) electrons. The van der Waals surface area contributed by atoms with Crippen molar-refractivity contribution in [3.63, 3.8) is 0 Å². The molecule has 1 fully saturated rings. The summed E-state index contributed by atoms with van der Waals surface area (Å²) < 4.78 is 0.853. The molecule has 1 aromatic rings. The Morgan fingerprint density at radius 2 is 2.22 bits per heavy atom. The van der Waals surface area contributed by atoms with Crippen LogP contribution < -0.4 is 5.32 Å². The molecule has 0 aliphatic carbocycles. The summed E-state index contributed by atoms with van der Waals surface area (Å²) in [7, 11) is 0. The number of anilines is 1. The zero-order chi connectivity index (χ0) is 13.1. The van der Waals surface area contributed by atoms with E-state index >= 15 is 0 Å². The predicted octanol–water partition coefficient (Wildman–Crippen LogP) is 1.07. The van der Waals surface area contributed by atoms with Crippen molar-refractivity contribution >= 4 is 40.0 Å². The van der Waals surface area contributed by atoms with Gasteiger partial charge in [0.25, 0.3) is 0 Å². The Labute approximate surface area is 113 Å². The molecule has 1 aliphatic heterocycles. The Hall–Kier alpha value is -1.15. The van der Waals surface area contributed by atoms with Crippen molar-refractivity contribution in [3.05, 3.63) is 0 Å². The number of carbonyl (C=O) groups excluding carboxylic acids is 2. The number of likely N-dealkylation sites (tertiary alicyclic amines) is 1. The molecule has 0 aromatic carbocycles. The van der Waals surface area contributed by atoms with Gasteiger partial charge in [0.2, 0.25) is 16.9 Å². The van der Waals surface area contributed by atoms with Gasteiger partial charge in [-0.1, -0.05) is 30.0 Å². The van der Waals surface area contributed by atoms with Crippen molar-refractivity contribution < 1.29 is 9.59 Å². The average molecular weight is 286 g/mol. The van der Waals surface area contributed by atoms with Crippen molar-refractivity contribution in [3.8, 4) is 0 Å². The van der Waals surface area contributed by atoms with E-state index in [1.165, 1.54) is 18.3 Å². The van der Waals surface area contributed by atoms with Crippen molar-refractivity contribution in [1.82, 2.24) is 15.1 Å². The van der Waals surface area contributed by atoms with Crippen LogP contribution >= 0.6 is 23.1 Å². The second-order valence-corrected chi connectivity index (χ2v) is 6.40. The Kier molecular flexibility index (Phi) is 4.18. The van der Waals surface area contributed by atoms with Gasteiger partial charge in [0, 0.05) is 20.0 Å². The molecule has 0 saturated carbocycles. The second-order valence-electron chi connectivity index (χ2n) is 3.92. The molecule has 2 amide bonds. The molecule has 98 valence electrons. The quantitative estimate of drug-likeness (QED) is 0.662. The van der Waals surface area contributed by atoms with Crippen molar-refractivity contribution in [2.24, 2.45) is 5.92 Å². The van der Waals surface area contributed by atoms with Gasteiger partial charge in [0.15, 0.2) is 4.34 Å². The van der Waals surface area contributed by atoms with Gasteiger partial charge in [-0.05, 0) is 5.75 Å². The molecule has 8 heteroatoms. The summed E-state index contributed by atoms with van der Waals surface area (Å²) in [5.41, 5.74) is 0. The summed E-state index contributed by atoms with van der Waals surface area (Å²) in [4.78, 5) is 24.5. The monoisotopic (exact) mass is 286 g/mol. The van der Waals surface area contributed by atoms with Gasteiger partial charge in [-0.2, -0.15) is 0 Å². The number of nitrogens with one attached hydrogen (secondary N) is 1. The predicted molar refractivity (Wildman–Crippen MR) is 70.7 cm³/mol. The van der Waals surface area contributed by atoms with Gasteiger partial charge in [-0.3, -0.25) is 9.59 Å². The molecule has 1 aromatic heterocycles. The standard InChI is InChI=1S/C10H14N4O2S2/c1-3-17-10-13-12-9(18-10)11-8(16)7-4-14(5-7)6(2)15/h7H,3-5H2,1-2H3,(H,11,12,16). The molecule has 6 nitrogen and oxygen atoms in total. The summed E-state index contributed by atoms with van der Waals surface area (Å²) in [6, 6.07) is 0. The molecule has 18 heavy (non-hydrogen) atoms. The van der Waals surface area contributed by atoms with E-state index in [2.05, 4.69) is 15.5 Å². The third kappa shape index (κ3) is 2.99. The first kappa shape index (κ1) is 13.3. The van der Waals surface area contributed by atoms with Crippen LogP contribution in [0, 0.1) is 5.92 Å². The SMILES string of the molecule is CCSc1nnc(NC(=O)C2CN(C(C)=O)C2)s1. The van der Waals surface area contributed by atoms with Crippen LogP contribution in [-0.4, -0.2) is 45.8 Å². The molecule has 0 bridgehead atoms. The molecule has 0 atom stereocenters. The highest BCUT2D eigenvalue weighted by Gasteiger charge is 2.34. The van der Waals surface area contributed by atoms with Crippen LogP contribution in [0.1, 0.15) is 13.8 Å². The Morgan fingerprint density at radius 3 is 2.83 bits per heavy atom. The minimum absolute atomic E-state index is 0.0107. The number of thioether (sulfide) groups is 1. The number of hydrogen-bond donors (Lipinski definition) is 1. The largest absolute Gasteiger partial charge is 0.341 e. The zero-order valence-corrected chi connectivity index (χ0v) is 11.8. The number of aromatic nitrogens is 2. The average Bonchev–Trinajstić information content (AvgIpc) is 2.63. The first-order chi connectivity index (χ1) is 8.60. The molecule has 0 unspecified atom stereocenters. The molecule has 1 saturated heterocycles. The van der Waals surface area contributed by atoms with Crippen LogP contribution in [-0.2, 0) is 9.59 Å². The lowest BCUT2D eigenvalue weighted by atomic mass is 9.99. The van der Waals surface area contributed by atoms with E-state index in [4.69, 9.17) is 0 Å². The van der Waals surface area contributed by atoms with Crippen molar-refractivity contribution in [2.45, 2.75) is 18.2 Å². The smallest absolute Gasteiger partial charge is 0.232 e. The normalized spacial score (nSPS) is 15.3. The van der Waals surface area contributed by atoms with Crippen LogP contribution in [0.3, 0.4) is 0 Å². The van der Waals surface area contributed by atoms with Crippen LogP contribution in [0.4, 0.5) is 5.13 Å². The molecule has 0 spiro atoms. The number of hydrogen-bond acceptors (Lipinski definition) is 6. The van der Waals surface area contributed by atoms with E-state index in [9.17, 15) is 9.59 Å². The summed E-state index contributed by atoms with van der Waals surface area (Å²) in [6.45, 7) is 4.54. The third-order valence-electron chi connectivity index (χ3n) is 2.60. The highest BCUT2D eigenvalue weighted by atomic mass is 32.2. The number of rotatable bonds is 4. The Bertz CT molecular complexity index is 456. The zero-order valence-electron chi connectivity index (χ0n) is 10.2. The van der Waals surface area contributed by atoms with E-state index in [1.807, 2.05) is 6.92 Å². The van der Waals surface area contributed by atoms with Gasteiger partial charge in [-0.25, -0.2) is 0 Å². The van der Waals surface area contributed by atoms with E-state index in [0.717, 1.165) is 10.1 Å². The van der Waals surface area contributed by atoms with Gasteiger partial charge in [0.1, 0.15) is 0 Å². The lowest BCUT2D eigenvalue weighted by Crippen LogP contribution is -2.53. The van der Waals surface area contributed by atoms with Crippen LogP contribution in [0.15, 0.2) is 4.34 Å². The fourth-order valence-electron chi connectivity index (χ4n) is 1.55. The maximum absolute atomic E-state index is 11.8. The fraction of sp³-hybridized carbons (Fsp3) is 0.600. The Morgan fingerprint density at radius 1 is 1.50 bits per heavy atom. The maximum Gasteiger partial charge on any atom is 0.232 e. The van der Waals surface area contributed by atoms with Gasteiger partial charge < -0.3 is 10.2 Å². The Balaban J connectivity index is 1.82. The molecule has 1 N–H and O–H groups in total. The molecular formula is C10H14N4O2S2. The molecule has 2 heterocycles. The molecule has 1 aliphatic rings. The minimum Gasteiger partial charge on any atom is -0.341 e. The van der Waals surface area contributed by atoms with Crippen LogP contribution in [0.25, 0.3) is 0 Å². The van der Waals surface area contributed by atoms with E-state index in [0.29, 0.717) is 18.2 Å². The number of amides is 2. The topological polar surface area (TPSA) is 75.2 Å². The van der Waals surface area contributed by atoms with Gasteiger partial charge in [0.05, 0.1) is 5.92 Å². The summed E-state index contributed by atoms with van der Waals surface area (Å²) in [6.07, 6.45) is 0. The van der Waals surface area contributed by atoms with Gasteiger partial charge in [-0.15, -0.1) is 10.2 Å². The van der Waals surface area contributed by atoms with Crippen molar-refractivity contribution in [1.29, 1.82) is 0 Å². The molecule has 2 rings (SSSR count). The second kappa shape index (κ2) is 5.66. The summed E-state index contributed by atoms with van der Waals surface area (Å²) in [5.74, 6) is 0.729. The lowest BCUT2D eigenvalue weighted by molar-refractivity contribution is -0.139. The number of nitrogens with zero attached hydrogens (tertiary/aromatic N) is 3. The summed E-state index contributed by atoms with van der Waals surface area (Å²) in [5, 5.41) is 11.1. The first-order valence-electron chi connectivity index (χ1n) is 5.62. The highest BCUT2D eigenvalue weighted by Crippen LogP contribution is 2.26. The first-order valence-corrected chi connectivity index (χ1v) is 7.43. The third-order valence-corrected chi connectivity index (χ3v) is 4.46.